The molecule has 1 amide bonds. The molecule has 0 aliphatic carbocycles. The zero-order valence-corrected chi connectivity index (χ0v) is 14.1. The predicted octanol–water partition coefficient (Wildman–Crippen LogP) is 0.695. The van der Waals surface area contributed by atoms with Gasteiger partial charge in [0.05, 0.1) is 12.3 Å². The minimum Gasteiger partial charge on any atom is -0.423 e. The average Bonchev–Trinajstić information content (AvgIpc) is 3.26. The average molecular weight is 349 g/mol. The maximum Gasteiger partial charge on any atom is 0.491 e. The Kier molecular flexibility index (Phi) is 4.23. The number of aromatic nitrogens is 4. The van der Waals surface area contributed by atoms with Gasteiger partial charge in [0.2, 0.25) is 0 Å². The van der Waals surface area contributed by atoms with Gasteiger partial charge in [0, 0.05) is 11.9 Å². The smallest absolute Gasteiger partial charge is 0.423 e. The van der Waals surface area contributed by atoms with Gasteiger partial charge in [-0.1, -0.05) is 24.3 Å². The highest BCUT2D eigenvalue weighted by Gasteiger charge is 2.28. The summed E-state index contributed by atoms with van der Waals surface area (Å²) >= 11 is 0. The van der Waals surface area contributed by atoms with E-state index < -0.39 is 7.12 Å². The van der Waals surface area contributed by atoms with Crippen LogP contribution in [0.4, 0.5) is 5.69 Å². The Morgan fingerprint density at radius 1 is 1.38 bits per heavy atom. The van der Waals surface area contributed by atoms with E-state index in [1.807, 2.05) is 25.1 Å². The number of hydrogen-bond acceptors (Lipinski definition) is 6. The fraction of sp³-hybridized carbons (Fsp3) is 0.176. The van der Waals surface area contributed by atoms with Gasteiger partial charge in [-0.3, -0.25) is 4.79 Å². The van der Waals surface area contributed by atoms with E-state index in [4.69, 9.17) is 4.65 Å². The Balaban J connectivity index is 1.61. The van der Waals surface area contributed by atoms with Crippen molar-refractivity contribution in [1.29, 1.82) is 0 Å². The molecule has 1 aliphatic rings. The highest BCUT2D eigenvalue weighted by Crippen LogP contribution is 2.17. The Morgan fingerprint density at radius 2 is 2.27 bits per heavy atom. The Hall–Kier alpha value is -3.04. The molecule has 3 aromatic rings. The zero-order chi connectivity index (χ0) is 18.1. The summed E-state index contributed by atoms with van der Waals surface area (Å²) in [6.07, 6.45) is 2.23. The molecule has 0 atom stereocenters. The van der Waals surface area contributed by atoms with Gasteiger partial charge in [-0.15, -0.1) is 5.10 Å². The highest BCUT2D eigenvalue weighted by atomic mass is 16.5. The van der Waals surface area contributed by atoms with E-state index in [1.165, 1.54) is 0 Å². The standard InChI is InChI=1S/C17H16BN5O3/c1-2-14-16(21-22-23(14)15-5-3-4-8-19-15)17(24)20-12-7-6-11-10-26-18(25)13(11)9-12/h3-9,25H,2,10H2,1H3,(H,20,24). The number of carbonyl (C=O) groups excluding carboxylic acids is 1. The topological polar surface area (TPSA) is 102 Å². The largest absolute Gasteiger partial charge is 0.491 e. The van der Waals surface area contributed by atoms with Gasteiger partial charge in [-0.05, 0) is 41.7 Å². The molecule has 0 unspecified atom stereocenters. The predicted molar refractivity (Wildman–Crippen MR) is 95.3 cm³/mol. The van der Waals surface area contributed by atoms with Gasteiger partial charge in [0.15, 0.2) is 11.5 Å². The lowest BCUT2D eigenvalue weighted by Crippen LogP contribution is -2.28. The normalized spacial score (nSPS) is 12.9. The first kappa shape index (κ1) is 16.4. The molecule has 1 aromatic carbocycles. The van der Waals surface area contributed by atoms with Crippen LogP contribution in [0.5, 0.6) is 0 Å². The molecule has 0 spiro atoms. The summed E-state index contributed by atoms with van der Waals surface area (Å²) in [5, 5.41) is 20.7. The van der Waals surface area contributed by atoms with E-state index in [-0.39, 0.29) is 11.6 Å². The summed E-state index contributed by atoms with van der Waals surface area (Å²) in [5.41, 5.74) is 3.05. The third-order valence-electron chi connectivity index (χ3n) is 4.25. The minimum atomic E-state index is -0.960. The molecule has 4 rings (SSSR count). The second-order valence-electron chi connectivity index (χ2n) is 5.87. The van der Waals surface area contributed by atoms with Gasteiger partial charge in [-0.2, -0.15) is 4.68 Å². The second-order valence-corrected chi connectivity index (χ2v) is 5.87. The molecule has 8 nitrogen and oxygen atoms in total. The number of nitrogens with one attached hydrogen (secondary N) is 1. The molecule has 9 heteroatoms. The van der Waals surface area contributed by atoms with Crippen LogP contribution in [0.3, 0.4) is 0 Å². The number of nitrogens with zero attached hydrogens (tertiary/aromatic N) is 4. The highest BCUT2D eigenvalue weighted by molar-refractivity contribution is 6.61. The van der Waals surface area contributed by atoms with E-state index in [2.05, 4.69) is 20.6 Å². The maximum absolute atomic E-state index is 12.7. The fourth-order valence-electron chi connectivity index (χ4n) is 2.94. The first-order valence-electron chi connectivity index (χ1n) is 8.27. The minimum absolute atomic E-state index is 0.246. The van der Waals surface area contributed by atoms with Crippen molar-refractivity contribution in [2.75, 3.05) is 5.32 Å². The van der Waals surface area contributed by atoms with Crippen LogP contribution in [0.25, 0.3) is 5.82 Å². The number of anilines is 1. The molecule has 1 aliphatic heterocycles. The van der Waals surface area contributed by atoms with E-state index in [9.17, 15) is 9.82 Å². The molecule has 0 bridgehead atoms. The molecule has 0 saturated carbocycles. The number of rotatable bonds is 4. The monoisotopic (exact) mass is 349 g/mol. The fourth-order valence-corrected chi connectivity index (χ4v) is 2.94. The number of fused-ring (bicyclic) bond motifs is 1. The lowest BCUT2D eigenvalue weighted by atomic mass is 9.79. The molecular weight excluding hydrogens is 333 g/mol. The molecule has 3 heterocycles. The zero-order valence-electron chi connectivity index (χ0n) is 14.1. The third kappa shape index (κ3) is 2.87. The number of hydrogen-bond donors (Lipinski definition) is 2. The Labute approximate surface area is 150 Å². The molecule has 0 saturated heterocycles. The van der Waals surface area contributed by atoms with E-state index >= 15 is 0 Å². The number of benzene rings is 1. The van der Waals surface area contributed by atoms with Crippen LogP contribution in [-0.2, 0) is 17.7 Å². The summed E-state index contributed by atoms with van der Waals surface area (Å²) in [6, 6.07) is 10.8. The van der Waals surface area contributed by atoms with Crippen molar-refractivity contribution in [2.24, 2.45) is 0 Å². The van der Waals surface area contributed by atoms with Crippen molar-refractivity contribution >= 4 is 24.2 Å². The van der Waals surface area contributed by atoms with Crippen molar-refractivity contribution < 1.29 is 14.5 Å². The first-order chi connectivity index (χ1) is 12.7. The third-order valence-corrected chi connectivity index (χ3v) is 4.25. The Bertz CT molecular complexity index is 960. The summed E-state index contributed by atoms with van der Waals surface area (Å²) < 4.78 is 6.73. The molecule has 130 valence electrons. The van der Waals surface area contributed by atoms with Crippen LogP contribution in [-0.4, -0.2) is 38.0 Å². The SMILES string of the molecule is CCc1c(C(=O)Nc2ccc3c(c2)B(O)OC3)nnn1-c1ccccn1. The van der Waals surface area contributed by atoms with Gasteiger partial charge in [-0.25, -0.2) is 4.98 Å². The summed E-state index contributed by atoms with van der Waals surface area (Å²) in [6.45, 7) is 2.29. The van der Waals surface area contributed by atoms with Gasteiger partial charge in [0.1, 0.15) is 0 Å². The summed E-state index contributed by atoms with van der Waals surface area (Å²) in [5.74, 6) is 0.242. The molecule has 0 fully saturated rings. The van der Waals surface area contributed by atoms with E-state index in [0.717, 1.165) is 5.56 Å². The van der Waals surface area contributed by atoms with Gasteiger partial charge >= 0.3 is 7.12 Å². The van der Waals surface area contributed by atoms with Crippen molar-refractivity contribution in [3.63, 3.8) is 0 Å². The maximum atomic E-state index is 12.7. The van der Waals surface area contributed by atoms with Crippen LogP contribution >= 0.6 is 0 Å². The number of carbonyl (C=O) groups is 1. The van der Waals surface area contributed by atoms with E-state index in [0.29, 0.717) is 35.7 Å². The van der Waals surface area contributed by atoms with Crippen LogP contribution < -0.4 is 10.8 Å². The van der Waals surface area contributed by atoms with Crippen LogP contribution in [0.2, 0.25) is 0 Å². The summed E-state index contributed by atoms with van der Waals surface area (Å²) in [7, 11) is -0.960. The second kappa shape index (κ2) is 6.70. The molecular formula is C17H16BN5O3. The molecule has 0 radical (unpaired) electrons. The van der Waals surface area contributed by atoms with Crippen molar-refractivity contribution in [2.45, 2.75) is 20.0 Å². The van der Waals surface area contributed by atoms with Crippen molar-refractivity contribution in [1.82, 2.24) is 20.0 Å². The van der Waals surface area contributed by atoms with Crippen molar-refractivity contribution in [3.05, 3.63) is 59.5 Å². The lowest BCUT2D eigenvalue weighted by Gasteiger charge is -2.07. The number of amides is 1. The Morgan fingerprint density at radius 3 is 3.04 bits per heavy atom. The van der Waals surface area contributed by atoms with Gasteiger partial charge < -0.3 is 15.0 Å². The summed E-state index contributed by atoms with van der Waals surface area (Å²) in [4.78, 5) is 16.9. The lowest BCUT2D eigenvalue weighted by molar-refractivity contribution is 0.102. The quantitative estimate of drug-likeness (QED) is 0.672. The van der Waals surface area contributed by atoms with Crippen LogP contribution in [0.1, 0.15) is 28.7 Å². The van der Waals surface area contributed by atoms with Gasteiger partial charge in [0.25, 0.3) is 5.91 Å². The first-order valence-corrected chi connectivity index (χ1v) is 8.27. The molecule has 26 heavy (non-hydrogen) atoms. The van der Waals surface area contributed by atoms with Crippen molar-refractivity contribution in [3.8, 4) is 5.82 Å². The van der Waals surface area contributed by atoms with Crippen LogP contribution in [0.15, 0.2) is 42.6 Å². The van der Waals surface area contributed by atoms with E-state index in [1.54, 1.807) is 29.1 Å². The molecule has 2 N–H and O–H groups in total. The number of pyridine rings is 1. The van der Waals surface area contributed by atoms with Crippen LogP contribution in [0, 0.1) is 0 Å². The molecule has 2 aromatic heterocycles.